The van der Waals surface area contributed by atoms with Gasteiger partial charge in [0.1, 0.15) is 5.82 Å². The fraction of sp³-hybridized carbons (Fsp3) is 0.706. The lowest BCUT2D eigenvalue weighted by Gasteiger charge is -2.26. The van der Waals surface area contributed by atoms with Crippen LogP contribution >= 0.6 is 0 Å². The summed E-state index contributed by atoms with van der Waals surface area (Å²) in [5, 5.41) is 3.23. The van der Waals surface area contributed by atoms with Crippen LogP contribution in [0.1, 0.15) is 52.3 Å². The van der Waals surface area contributed by atoms with Crippen molar-refractivity contribution in [2.24, 2.45) is 5.92 Å². The van der Waals surface area contributed by atoms with Crippen LogP contribution in [0.4, 0.5) is 5.82 Å². The second-order valence-electron chi connectivity index (χ2n) is 6.89. The van der Waals surface area contributed by atoms with Crippen LogP contribution in [0.25, 0.3) is 0 Å². The van der Waals surface area contributed by atoms with Gasteiger partial charge in [-0.25, -0.2) is 4.98 Å². The van der Waals surface area contributed by atoms with Gasteiger partial charge >= 0.3 is 0 Å². The summed E-state index contributed by atoms with van der Waals surface area (Å²) in [5.74, 6) is 1.77. The molecule has 3 nitrogen and oxygen atoms in total. The molecule has 0 aromatic carbocycles. The van der Waals surface area contributed by atoms with Crippen molar-refractivity contribution in [3.8, 4) is 0 Å². The molecule has 0 aliphatic rings. The van der Waals surface area contributed by atoms with Gasteiger partial charge in [-0.15, -0.1) is 0 Å². The molecule has 0 spiro atoms. The molecule has 0 aliphatic carbocycles. The zero-order valence-electron chi connectivity index (χ0n) is 14.2. The molecule has 1 rings (SSSR count). The fourth-order valence-corrected chi connectivity index (χ4v) is 2.15. The quantitative estimate of drug-likeness (QED) is 0.861. The summed E-state index contributed by atoms with van der Waals surface area (Å²) in [4.78, 5) is 7.15. The van der Waals surface area contributed by atoms with Crippen LogP contribution in [-0.2, 0) is 12.0 Å². The van der Waals surface area contributed by atoms with Crippen LogP contribution in [0, 0.1) is 5.92 Å². The molecule has 3 heteroatoms. The molecular weight excluding hydrogens is 246 g/mol. The topological polar surface area (TPSA) is 28.2 Å². The highest BCUT2D eigenvalue weighted by Gasteiger charge is 2.18. The van der Waals surface area contributed by atoms with Crippen LogP contribution in [0.2, 0.25) is 0 Å². The Labute approximate surface area is 124 Å². The van der Waals surface area contributed by atoms with Crippen LogP contribution in [0.15, 0.2) is 12.1 Å². The van der Waals surface area contributed by atoms with Crippen molar-refractivity contribution in [2.75, 3.05) is 25.5 Å². The average molecular weight is 277 g/mol. The number of nitrogens with zero attached hydrogens (tertiary/aromatic N) is 2. The molecule has 0 saturated heterocycles. The summed E-state index contributed by atoms with van der Waals surface area (Å²) in [6.07, 6.45) is 1.20. The number of hydrogen-bond donors (Lipinski definition) is 1. The molecule has 114 valence electrons. The van der Waals surface area contributed by atoms with Gasteiger partial charge in [-0.05, 0) is 30.7 Å². The number of hydrogen-bond acceptors (Lipinski definition) is 3. The third-order valence-corrected chi connectivity index (χ3v) is 3.69. The standard InChI is InChI=1S/C17H31N3/c1-8-13(2)12-20(7)16-10-14(11-18-6)9-15(19-16)17(3,4)5/h9-10,13,18H,8,11-12H2,1-7H3. The monoisotopic (exact) mass is 277 g/mol. The Kier molecular flexibility index (Phi) is 6.00. The van der Waals surface area contributed by atoms with E-state index in [9.17, 15) is 0 Å². The lowest BCUT2D eigenvalue weighted by Crippen LogP contribution is -2.26. The summed E-state index contributed by atoms with van der Waals surface area (Å²) < 4.78 is 0. The zero-order valence-corrected chi connectivity index (χ0v) is 14.2. The highest BCUT2D eigenvalue weighted by Crippen LogP contribution is 2.25. The van der Waals surface area contributed by atoms with E-state index in [1.807, 2.05) is 7.05 Å². The molecule has 1 aromatic heterocycles. The third kappa shape index (κ3) is 4.78. The van der Waals surface area contributed by atoms with Crippen LogP contribution in [0.3, 0.4) is 0 Å². The molecule has 20 heavy (non-hydrogen) atoms. The van der Waals surface area contributed by atoms with Gasteiger partial charge in [0.25, 0.3) is 0 Å². The van der Waals surface area contributed by atoms with Gasteiger partial charge in [0.2, 0.25) is 0 Å². The Bertz CT molecular complexity index is 421. The van der Waals surface area contributed by atoms with E-state index in [4.69, 9.17) is 4.98 Å². The number of pyridine rings is 1. The Morgan fingerprint density at radius 3 is 2.45 bits per heavy atom. The van der Waals surface area contributed by atoms with E-state index in [1.165, 1.54) is 12.0 Å². The molecule has 0 amide bonds. The summed E-state index contributed by atoms with van der Waals surface area (Å²) >= 11 is 0. The summed E-state index contributed by atoms with van der Waals surface area (Å²) in [6.45, 7) is 13.1. The lowest BCUT2D eigenvalue weighted by molar-refractivity contribution is 0.548. The molecule has 1 heterocycles. The Hall–Kier alpha value is -1.09. The molecule has 1 aromatic rings. The van der Waals surface area contributed by atoms with Crippen LogP contribution in [0.5, 0.6) is 0 Å². The van der Waals surface area contributed by atoms with Crippen molar-refractivity contribution in [3.63, 3.8) is 0 Å². The van der Waals surface area contributed by atoms with E-state index in [0.29, 0.717) is 5.92 Å². The van der Waals surface area contributed by atoms with Gasteiger partial charge in [-0.2, -0.15) is 0 Å². The first-order chi connectivity index (χ1) is 9.27. The minimum Gasteiger partial charge on any atom is -0.359 e. The van der Waals surface area contributed by atoms with Gasteiger partial charge in [0, 0.05) is 31.2 Å². The number of anilines is 1. The van der Waals surface area contributed by atoms with Gasteiger partial charge in [-0.3, -0.25) is 0 Å². The molecule has 1 unspecified atom stereocenters. The molecule has 0 radical (unpaired) electrons. The summed E-state index contributed by atoms with van der Waals surface area (Å²) in [7, 11) is 4.13. The van der Waals surface area contributed by atoms with Gasteiger partial charge < -0.3 is 10.2 Å². The van der Waals surface area contributed by atoms with Crippen LogP contribution in [-0.4, -0.2) is 25.6 Å². The molecule has 1 atom stereocenters. The maximum atomic E-state index is 4.87. The van der Waals surface area contributed by atoms with Crippen molar-refractivity contribution in [1.29, 1.82) is 0 Å². The summed E-state index contributed by atoms with van der Waals surface area (Å²) in [6, 6.07) is 4.42. The van der Waals surface area contributed by atoms with Crippen LogP contribution < -0.4 is 10.2 Å². The first kappa shape index (κ1) is 17.0. The van der Waals surface area contributed by atoms with Crippen molar-refractivity contribution in [1.82, 2.24) is 10.3 Å². The average Bonchev–Trinajstić information content (AvgIpc) is 2.37. The van der Waals surface area contributed by atoms with E-state index < -0.39 is 0 Å². The second kappa shape index (κ2) is 7.07. The van der Waals surface area contributed by atoms with Crippen molar-refractivity contribution in [2.45, 2.75) is 53.0 Å². The fourth-order valence-electron chi connectivity index (χ4n) is 2.15. The molecule has 0 fully saturated rings. The predicted octanol–water partition coefficient (Wildman–Crippen LogP) is 3.58. The van der Waals surface area contributed by atoms with E-state index in [1.54, 1.807) is 0 Å². The van der Waals surface area contributed by atoms with Gasteiger partial charge in [0.05, 0.1) is 0 Å². The predicted molar refractivity (Wildman–Crippen MR) is 88.4 cm³/mol. The molecular formula is C17H31N3. The Morgan fingerprint density at radius 1 is 1.30 bits per heavy atom. The lowest BCUT2D eigenvalue weighted by atomic mass is 9.90. The molecule has 0 saturated carbocycles. The molecule has 0 bridgehead atoms. The summed E-state index contributed by atoms with van der Waals surface area (Å²) in [5.41, 5.74) is 2.55. The van der Waals surface area contributed by atoms with Gasteiger partial charge in [0.15, 0.2) is 0 Å². The molecule has 0 aliphatic heterocycles. The smallest absolute Gasteiger partial charge is 0.128 e. The van der Waals surface area contributed by atoms with Crippen molar-refractivity contribution < 1.29 is 0 Å². The van der Waals surface area contributed by atoms with Crippen molar-refractivity contribution >= 4 is 5.82 Å². The van der Waals surface area contributed by atoms with Gasteiger partial charge in [-0.1, -0.05) is 41.0 Å². The molecule has 1 N–H and O–H groups in total. The number of rotatable bonds is 6. The Morgan fingerprint density at radius 2 is 1.95 bits per heavy atom. The second-order valence-corrected chi connectivity index (χ2v) is 6.89. The first-order valence-corrected chi connectivity index (χ1v) is 7.65. The largest absolute Gasteiger partial charge is 0.359 e. The minimum atomic E-state index is 0.0791. The maximum Gasteiger partial charge on any atom is 0.128 e. The van der Waals surface area contributed by atoms with E-state index >= 15 is 0 Å². The zero-order chi connectivity index (χ0) is 15.3. The van der Waals surface area contributed by atoms with Crippen molar-refractivity contribution in [3.05, 3.63) is 23.4 Å². The van der Waals surface area contributed by atoms with E-state index in [0.717, 1.165) is 24.6 Å². The maximum absolute atomic E-state index is 4.87. The number of nitrogens with one attached hydrogen (secondary N) is 1. The normalized spacial score (nSPS) is 13.3. The number of aromatic nitrogens is 1. The minimum absolute atomic E-state index is 0.0791. The highest BCUT2D eigenvalue weighted by molar-refractivity contribution is 5.43. The first-order valence-electron chi connectivity index (χ1n) is 7.65. The van der Waals surface area contributed by atoms with E-state index in [-0.39, 0.29) is 5.41 Å². The SMILES string of the molecule is CCC(C)CN(C)c1cc(CNC)cc(C(C)(C)C)n1. The third-order valence-electron chi connectivity index (χ3n) is 3.69. The van der Waals surface area contributed by atoms with E-state index in [2.05, 4.69) is 64.0 Å². The highest BCUT2D eigenvalue weighted by atomic mass is 15.2. The Balaban J connectivity index is 3.08.